The van der Waals surface area contributed by atoms with Crippen molar-refractivity contribution in [2.75, 3.05) is 7.05 Å². The Balaban J connectivity index is 1.99. The highest BCUT2D eigenvalue weighted by atomic mass is 16.5. The summed E-state index contributed by atoms with van der Waals surface area (Å²) in [7, 11) is 1.96. The zero-order chi connectivity index (χ0) is 14.8. The Morgan fingerprint density at radius 2 is 2.10 bits per heavy atom. The highest BCUT2D eigenvalue weighted by Gasteiger charge is 2.33. The van der Waals surface area contributed by atoms with Crippen molar-refractivity contribution in [3.05, 3.63) is 23.9 Å². The minimum Gasteiger partial charge on any atom is -0.474 e. The van der Waals surface area contributed by atoms with Crippen LogP contribution in [-0.4, -0.2) is 18.1 Å². The highest BCUT2D eigenvalue weighted by molar-refractivity contribution is 5.20. The maximum absolute atomic E-state index is 6.10. The van der Waals surface area contributed by atoms with Gasteiger partial charge in [-0.1, -0.05) is 26.8 Å². The molecule has 0 radical (unpaired) electrons. The second-order valence-corrected chi connectivity index (χ2v) is 7.09. The maximum atomic E-state index is 6.10. The van der Waals surface area contributed by atoms with E-state index >= 15 is 0 Å². The molecule has 3 atom stereocenters. The lowest BCUT2D eigenvalue weighted by Gasteiger charge is -2.38. The van der Waals surface area contributed by atoms with Crippen LogP contribution in [0.25, 0.3) is 0 Å². The average molecular weight is 276 g/mol. The zero-order valence-electron chi connectivity index (χ0n) is 13.4. The minimum absolute atomic E-state index is 0.300. The number of aromatic nitrogens is 1. The molecule has 0 bridgehead atoms. The van der Waals surface area contributed by atoms with Crippen LogP contribution < -0.4 is 10.1 Å². The fourth-order valence-electron chi connectivity index (χ4n) is 3.40. The molecule has 1 saturated carbocycles. The standard InChI is InChI=1S/C17H28N2O/c1-12-8-15(10-17(3,4)9-12)20-16-7-6-14(11-19-16)13(2)18-5/h6-7,11-13,15,18H,8-10H2,1-5H3. The van der Waals surface area contributed by atoms with Gasteiger partial charge in [0.1, 0.15) is 6.10 Å². The van der Waals surface area contributed by atoms with Crippen molar-refractivity contribution in [1.29, 1.82) is 0 Å². The zero-order valence-corrected chi connectivity index (χ0v) is 13.4. The molecular weight excluding hydrogens is 248 g/mol. The van der Waals surface area contributed by atoms with Gasteiger partial charge in [0.25, 0.3) is 0 Å². The van der Waals surface area contributed by atoms with Crippen LogP contribution in [0.3, 0.4) is 0 Å². The molecule has 1 aromatic heterocycles. The van der Waals surface area contributed by atoms with Gasteiger partial charge in [-0.15, -0.1) is 0 Å². The summed E-state index contributed by atoms with van der Waals surface area (Å²) in [5.74, 6) is 1.49. The molecule has 0 saturated heterocycles. The van der Waals surface area contributed by atoms with Gasteiger partial charge in [-0.3, -0.25) is 0 Å². The lowest BCUT2D eigenvalue weighted by atomic mass is 9.71. The van der Waals surface area contributed by atoms with Crippen LogP contribution in [0.15, 0.2) is 18.3 Å². The minimum atomic E-state index is 0.300. The third kappa shape index (κ3) is 3.95. The van der Waals surface area contributed by atoms with Crippen LogP contribution in [-0.2, 0) is 0 Å². The first-order valence-electron chi connectivity index (χ1n) is 7.69. The van der Waals surface area contributed by atoms with Gasteiger partial charge in [-0.05, 0) is 50.1 Å². The Morgan fingerprint density at radius 3 is 2.65 bits per heavy atom. The summed E-state index contributed by atoms with van der Waals surface area (Å²) in [5.41, 5.74) is 1.57. The van der Waals surface area contributed by atoms with E-state index in [4.69, 9.17) is 4.74 Å². The van der Waals surface area contributed by atoms with E-state index < -0.39 is 0 Å². The van der Waals surface area contributed by atoms with Gasteiger partial charge in [-0.2, -0.15) is 0 Å². The third-order valence-electron chi connectivity index (χ3n) is 4.33. The maximum Gasteiger partial charge on any atom is 0.213 e. The molecule has 1 fully saturated rings. The van der Waals surface area contributed by atoms with Gasteiger partial charge in [0.15, 0.2) is 0 Å². The normalized spacial score (nSPS) is 27.1. The Morgan fingerprint density at radius 1 is 1.35 bits per heavy atom. The summed E-state index contributed by atoms with van der Waals surface area (Å²) in [5, 5.41) is 3.22. The number of pyridine rings is 1. The van der Waals surface area contributed by atoms with Crippen molar-refractivity contribution < 1.29 is 4.74 Å². The fraction of sp³-hybridized carbons (Fsp3) is 0.706. The Labute approximate surface area is 123 Å². The summed E-state index contributed by atoms with van der Waals surface area (Å²) in [6.07, 6.45) is 5.76. The Kier molecular flexibility index (Phi) is 4.69. The molecule has 3 nitrogen and oxygen atoms in total. The SMILES string of the molecule is CNC(C)c1ccc(OC2CC(C)CC(C)(C)C2)nc1. The van der Waals surface area contributed by atoms with Crippen molar-refractivity contribution in [2.24, 2.45) is 11.3 Å². The number of hydrogen-bond donors (Lipinski definition) is 1. The first kappa shape index (κ1) is 15.3. The van der Waals surface area contributed by atoms with E-state index in [0.29, 0.717) is 17.6 Å². The summed E-state index contributed by atoms with van der Waals surface area (Å²) in [6, 6.07) is 4.42. The summed E-state index contributed by atoms with van der Waals surface area (Å²) < 4.78 is 6.10. The lowest BCUT2D eigenvalue weighted by molar-refractivity contribution is 0.0532. The topological polar surface area (TPSA) is 34.1 Å². The van der Waals surface area contributed by atoms with Gasteiger partial charge in [0, 0.05) is 18.3 Å². The first-order chi connectivity index (χ1) is 9.39. The van der Waals surface area contributed by atoms with Crippen LogP contribution >= 0.6 is 0 Å². The molecular formula is C17H28N2O. The van der Waals surface area contributed by atoms with Gasteiger partial charge >= 0.3 is 0 Å². The van der Waals surface area contributed by atoms with Crippen molar-refractivity contribution in [3.63, 3.8) is 0 Å². The molecule has 2 rings (SSSR count). The van der Waals surface area contributed by atoms with Gasteiger partial charge in [0.05, 0.1) is 0 Å². The molecule has 20 heavy (non-hydrogen) atoms. The summed E-state index contributed by atoms with van der Waals surface area (Å²) in [6.45, 7) is 9.12. The van der Waals surface area contributed by atoms with Gasteiger partial charge in [0.2, 0.25) is 5.88 Å². The number of rotatable bonds is 4. The molecule has 3 heteroatoms. The first-order valence-corrected chi connectivity index (χ1v) is 7.69. The van der Waals surface area contributed by atoms with E-state index in [0.717, 1.165) is 24.6 Å². The number of nitrogens with zero attached hydrogens (tertiary/aromatic N) is 1. The Bertz CT molecular complexity index is 427. The van der Waals surface area contributed by atoms with Crippen molar-refractivity contribution >= 4 is 0 Å². The van der Waals surface area contributed by atoms with Crippen molar-refractivity contribution in [1.82, 2.24) is 10.3 Å². The summed E-state index contributed by atoms with van der Waals surface area (Å²) in [4.78, 5) is 4.45. The van der Waals surface area contributed by atoms with Crippen molar-refractivity contribution in [2.45, 2.75) is 59.1 Å². The van der Waals surface area contributed by atoms with E-state index in [1.165, 1.54) is 12.0 Å². The molecule has 1 aliphatic rings. The van der Waals surface area contributed by atoms with Gasteiger partial charge < -0.3 is 10.1 Å². The smallest absolute Gasteiger partial charge is 0.213 e. The predicted octanol–water partition coefficient (Wildman–Crippen LogP) is 3.96. The molecule has 0 amide bonds. The fourth-order valence-corrected chi connectivity index (χ4v) is 3.40. The van der Waals surface area contributed by atoms with Crippen LogP contribution in [0.2, 0.25) is 0 Å². The molecule has 1 aromatic rings. The second-order valence-electron chi connectivity index (χ2n) is 7.09. The molecule has 0 aliphatic heterocycles. The van der Waals surface area contributed by atoms with Gasteiger partial charge in [-0.25, -0.2) is 4.98 Å². The molecule has 1 heterocycles. The second kappa shape index (κ2) is 6.13. The molecule has 1 aliphatic carbocycles. The van der Waals surface area contributed by atoms with Crippen LogP contribution in [0.1, 0.15) is 58.6 Å². The quantitative estimate of drug-likeness (QED) is 0.904. The van der Waals surface area contributed by atoms with Crippen LogP contribution in [0.5, 0.6) is 5.88 Å². The predicted molar refractivity (Wildman–Crippen MR) is 82.9 cm³/mol. The highest BCUT2D eigenvalue weighted by Crippen LogP contribution is 2.39. The third-order valence-corrected chi connectivity index (χ3v) is 4.33. The largest absolute Gasteiger partial charge is 0.474 e. The van der Waals surface area contributed by atoms with E-state index in [2.05, 4.69) is 44.1 Å². The summed E-state index contributed by atoms with van der Waals surface area (Å²) >= 11 is 0. The van der Waals surface area contributed by atoms with Crippen LogP contribution in [0.4, 0.5) is 0 Å². The van der Waals surface area contributed by atoms with E-state index in [1.807, 2.05) is 19.3 Å². The molecule has 3 unspecified atom stereocenters. The number of hydrogen-bond acceptors (Lipinski definition) is 3. The monoisotopic (exact) mass is 276 g/mol. The van der Waals surface area contributed by atoms with E-state index in [9.17, 15) is 0 Å². The molecule has 0 spiro atoms. The van der Waals surface area contributed by atoms with Crippen LogP contribution in [0, 0.1) is 11.3 Å². The molecule has 1 N–H and O–H groups in total. The van der Waals surface area contributed by atoms with Crippen molar-refractivity contribution in [3.8, 4) is 5.88 Å². The molecule has 0 aromatic carbocycles. The lowest BCUT2D eigenvalue weighted by Crippen LogP contribution is -2.34. The average Bonchev–Trinajstić information content (AvgIpc) is 2.36. The van der Waals surface area contributed by atoms with E-state index in [-0.39, 0.29) is 0 Å². The Hall–Kier alpha value is -1.09. The molecule has 112 valence electrons. The number of ether oxygens (including phenoxy) is 1. The van der Waals surface area contributed by atoms with E-state index in [1.54, 1.807) is 0 Å². The number of nitrogens with one attached hydrogen (secondary N) is 1.